The average Bonchev–Trinajstić information content (AvgIpc) is 3.03. The summed E-state index contributed by atoms with van der Waals surface area (Å²) in [7, 11) is 0. The van der Waals surface area contributed by atoms with E-state index in [0.717, 1.165) is 11.3 Å². The Hall–Kier alpha value is -1.26. The van der Waals surface area contributed by atoms with Crippen LogP contribution in [0.4, 0.5) is 0 Å². The molecule has 2 bridgehead atoms. The van der Waals surface area contributed by atoms with Gasteiger partial charge in [-0.05, 0) is 31.4 Å². The fourth-order valence-electron chi connectivity index (χ4n) is 3.23. The number of rotatable bonds is 4. The van der Waals surface area contributed by atoms with Crippen molar-refractivity contribution in [1.82, 2.24) is 0 Å². The first kappa shape index (κ1) is 13.7. The van der Waals surface area contributed by atoms with E-state index in [9.17, 15) is 4.79 Å². The van der Waals surface area contributed by atoms with E-state index in [-0.39, 0.29) is 17.1 Å². The Morgan fingerprint density at radius 2 is 2.15 bits per heavy atom. The number of benzene rings is 1. The Balaban J connectivity index is 1.88. The maximum atomic E-state index is 12.4. The number of carbonyl (C=O) groups is 1. The highest BCUT2D eigenvalue weighted by Crippen LogP contribution is 2.52. The molecule has 0 heterocycles. The van der Waals surface area contributed by atoms with Crippen molar-refractivity contribution < 1.29 is 9.53 Å². The molecule has 2 N–H and O–H groups in total. The van der Waals surface area contributed by atoms with E-state index in [4.69, 9.17) is 10.5 Å². The van der Waals surface area contributed by atoms with Crippen molar-refractivity contribution in [2.75, 3.05) is 6.61 Å². The Kier molecular flexibility index (Phi) is 3.61. The largest absolute Gasteiger partial charge is 0.465 e. The number of fused-ring (bicyclic) bond motifs is 2. The summed E-state index contributed by atoms with van der Waals surface area (Å²) < 4.78 is 5.24. The van der Waals surface area contributed by atoms with Gasteiger partial charge in [-0.1, -0.05) is 30.4 Å². The van der Waals surface area contributed by atoms with E-state index in [1.807, 2.05) is 25.1 Å². The molecular weight excluding hydrogens is 270 g/mol. The number of carbonyl (C=O) groups excluding carboxylic acids is 1. The number of nitrogens with two attached hydrogens (primary N) is 1. The van der Waals surface area contributed by atoms with Crippen molar-refractivity contribution in [2.45, 2.75) is 29.0 Å². The average molecular weight is 289 g/mol. The van der Waals surface area contributed by atoms with Crippen LogP contribution < -0.4 is 5.73 Å². The quantitative estimate of drug-likeness (QED) is 0.684. The lowest BCUT2D eigenvalue weighted by atomic mass is 9.85. The van der Waals surface area contributed by atoms with Crippen molar-refractivity contribution in [3.8, 4) is 0 Å². The van der Waals surface area contributed by atoms with Gasteiger partial charge in [-0.3, -0.25) is 0 Å². The zero-order valence-corrected chi connectivity index (χ0v) is 12.3. The van der Waals surface area contributed by atoms with Gasteiger partial charge in [0, 0.05) is 16.1 Å². The van der Waals surface area contributed by atoms with Crippen LogP contribution in [0.15, 0.2) is 47.4 Å². The van der Waals surface area contributed by atoms with Crippen LogP contribution in [0.25, 0.3) is 0 Å². The molecule has 3 rings (SSSR count). The van der Waals surface area contributed by atoms with Crippen LogP contribution in [0.1, 0.15) is 13.3 Å². The van der Waals surface area contributed by atoms with Gasteiger partial charge in [0.15, 0.2) is 0 Å². The molecule has 20 heavy (non-hydrogen) atoms. The van der Waals surface area contributed by atoms with Crippen molar-refractivity contribution in [3.63, 3.8) is 0 Å². The molecule has 0 unspecified atom stereocenters. The summed E-state index contributed by atoms with van der Waals surface area (Å²) in [5.41, 5.74) is 5.63. The van der Waals surface area contributed by atoms with Gasteiger partial charge in [0.25, 0.3) is 0 Å². The van der Waals surface area contributed by atoms with Crippen LogP contribution in [0.3, 0.4) is 0 Å². The molecule has 3 nitrogen and oxygen atoms in total. The third-order valence-electron chi connectivity index (χ3n) is 4.23. The molecule has 4 atom stereocenters. The molecule has 0 spiro atoms. The van der Waals surface area contributed by atoms with E-state index in [1.54, 1.807) is 11.8 Å². The summed E-state index contributed by atoms with van der Waals surface area (Å²) in [4.78, 5) is 13.5. The van der Waals surface area contributed by atoms with Crippen LogP contribution in [0.5, 0.6) is 0 Å². The first-order chi connectivity index (χ1) is 9.66. The number of esters is 1. The lowest BCUT2D eigenvalue weighted by molar-refractivity contribution is -0.150. The molecule has 1 saturated carbocycles. The van der Waals surface area contributed by atoms with Crippen LogP contribution >= 0.6 is 11.8 Å². The fourth-order valence-corrected chi connectivity index (χ4v) is 4.68. The molecule has 2 aliphatic rings. The molecule has 0 radical (unpaired) electrons. The van der Waals surface area contributed by atoms with E-state index >= 15 is 0 Å². The Morgan fingerprint density at radius 3 is 2.85 bits per heavy atom. The van der Waals surface area contributed by atoms with E-state index in [2.05, 4.69) is 24.3 Å². The predicted molar refractivity (Wildman–Crippen MR) is 80.4 cm³/mol. The minimum absolute atomic E-state index is 0.0546. The molecule has 106 valence electrons. The molecule has 1 aromatic carbocycles. The van der Waals surface area contributed by atoms with E-state index in [0.29, 0.717) is 12.5 Å². The van der Waals surface area contributed by atoms with Crippen LogP contribution in [0, 0.1) is 11.8 Å². The van der Waals surface area contributed by atoms with Gasteiger partial charge in [0.2, 0.25) is 0 Å². The van der Waals surface area contributed by atoms with Gasteiger partial charge >= 0.3 is 5.97 Å². The van der Waals surface area contributed by atoms with Gasteiger partial charge in [-0.15, -0.1) is 11.8 Å². The number of thioether (sulfide) groups is 1. The van der Waals surface area contributed by atoms with E-state index < -0.39 is 5.54 Å². The Bertz CT molecular complexity index is 531. The van der Waals surface area contributed by atoms with Gasteiger partial charge < -0.3 is 10.5 Å². The highest BCUT2D eigenvalue weighted by molar-refractivity contribution is 8.00. The number of hydrogen-bond donors (Lipinski definition) is 1. The molecular formula is C16H19NO2S. The van der Waals surface area contributed by atoms with Crippen LogP contribution in [0.2, 0.25) is 0 Å². The predicted octanol–water partition coefficient (Wildman–Crippen LogP) is 2.61. The monoisotopic (exact) mass is 289 g/mol. The standard InChI is InChI=1S/C16H19NO2S/c1-2-19-15(18)16(17)12-9-8-11(10-12)14(16)20-13-6-4-3-5-7-13/h3-9,11-12,14H,2,10,17H2,1H3/t11-,12+,14-,16+/m1/s1. The van der Waals surface area contributed by atoms with Crippen LogP contribution in [-0.4, -0.2) is 23.4 Å². The Labute approximate surface area is 123 Å². The lowest BCUT2D eigenvalue weighted by Gasteiger charge is -2.35. The molecule has 1 fully saturated rings. The number of ether oxygens (including phenoxy) is 1. The van der Waals surface area contributed by atoms with Crippen molar-refractivity contribution in [1.29, 1.82) is 0 Å². The summed E-state index contributed by atoms with van der Waals surface area (Å²) in [5, 5.41) is 0.0546. The van der Waals surface area contributed by atoms with Gasteiger partial charge in [-0.2, -0.15) is 0 Å². The SMILES string of the molecule is CCOC(=O)[C@@]1(N)[C@H](Sc2ccccc2)[C@@H]2C=C[C@H]1C2. The van der Waals surface area contributed by atoms with Gasteiger partial charge in [0.1, 0.15) is 5.54 Å². The van der Waals surface area contributed by atoms with Crippen molar-refractivity contribution >= 4 is 17.7 Å². The zero-order chi connectivity index (χ0) is 14.2. The first-order valence-electron chi connectivity index (χ1n) is 7.02. The summed E-state index contributed by atoms with van der Waals surface area (Å²) in [6.45, 7) is 2.20. The normalized spacial score (nSPS) is 34.4. The van der Waals surface area contributed by atoms with Crippen LogP contribution in [-0.2, 0) is 9.53 Å². The summed E-state index contributed by atoms with van der Waals surface area (Å²) in [6, 6.07) is 10.1. The third kappa shape index (κ3) is 2.07. The number of hydrogen-bond acceptors (Lipinski definition) is 4. The summed E-state index contributed by atoms with van der Waals surface area (Å²) in [5.74, 6) is 0.206. The second kappa shape index (κ2) is 5.26. The fraction of sp³-hybridized carbons (Fsp3) is 0.438. The summed E-state index contributed by atoms with van der Waals surface area (Å²) >= 11 is 1.70. The zero-order valence-electron chi connectivity index (χ0n) is 11.5. The summed E-state index contributed by atoms with van der Waals surface area (Å²) in [6.07, 6.45) is 5.25. The highest BCUT2D eigenvalue weighted by Gasteiger charge is 2.59. The maximum Gasteiger partial charge on any atom is 0.327 e. The van der Waals surface area contributed by atoms with Crippen molar-refractivity contribution in [3.05, 3.63) is 42.5 Å². The molecule has 2 aliphatic carbocycles. The molecule has 0 saturated heterocycles. The number of allylic oxidation sites excluding steroid dienone is 1. The third-order valence-corrected chi connectivity index (χ3v) is 5.76. The van der Waals surface area contributed by atoms with E-state index in [1.165, 1.54) is 0 Å². The molecule has 0 aromatic heterocycles. The molecule has 1 aromatic rings. The smallest absolute Gasteiger partial charge is 0.327 e. The van der Waals surface area contributed by atoms with Crippen molar-refractivity contribution in [2.24, 2.45) is 17.6 Å². The topological polar surface area (TPSA) is 52.3 Å². The Morgan fingerprint density at radius 1 is 1.40 bits per heavy atom. The first-order valence-corrected chi connectivity index (χ1v) is 7.90. The molecule has 4 heteroatoms. The second-order valence-corrected chi connectivity index (χ2v) is 6.61. The van der Waals surface area contributed by atoms with Gasteiger partial charge in [-0.25, -0.2) is 4.79 Å². The highest BCUT2D eigenvalue weighted by atomic mass is 32.2. The lowest BCUT2D eigenvalue weighted by Crippen LogP contribution is -2.59. The second-order valence-electron chi connectivity index (χ2n) is 5.40. The minimum atomic E-state index is -0.893. The minimum Gasteiger partial charge on any atom is -0.465 e. The van der Waals surface area contributed by atoms with Gasteiger partial charge in [0.05, 0.1) is 6.61 Å². The maximum absolute atomic E-state index is 12.4. The molecule has 0 amide bonds. The molecule has 0 aliphatic heterocycles.